The molecule has 0 unspecified atom stereocenters. The van der Waals surface area contributed by atoms with E-state index in [0.29, 0.717) is 27.7 Å². The van der Waals surface area contributed by atoms with E-state index in [0.717, 1.165) is 19.2 Å². The smallest absolute Gasteiger partial charge is 0.419 e. The first kappa shape index (κ1) is 23.4. The van der Waals surface area contributed by atoms with E-state index in [2.05, 4.69) is 10.4 Å². The summed E-state index contributed by atoms with van der Waals surface area (Å²) < 4.78 is 51.8. The zero-order valence-electron chi connectivity index (χ0n) is 17.2. The summed E-state index contributed by atoms with van der Waals surface area (Å²) in [5.74, 6) is -0.637. The van der Waals surface area contributed by atoms with E-state index in [1.54, 1.807) is 25.2 Å². The highest BCUT2D eigenvalue weighted by molar-refractivity contribution is 6.33. The lowest BCUT2D eigenvalue weighted by Crippen LogP contribution is -2.15. The number of nitrogens with zero attached hydrogens (tertiary/aromatic N) is 2. The number of aryl methyl sites for hydroxylation is 1. The molecule has 11 heteroatoms. The standard InChI is InChI=1S/C21H20ClF3N4O3/c1-29-19(16(22)11-27-29)14-10-13(4-6-17(14)32-8-7-26)28-20(30)12-3-5-18(31-2)15(9-12)21(23,24)25/h3-6,9-11H,7-8,26H2,1-2H3,(H,28,30). The molecule has 0 saturated carbocycles. The van der Waals surface area contributed by atoms with Crippen LogP contribution in [0, 0.1) is 0 Å². The number of ether oxygens (including phenoxy) is 2. The van der Waals surface area contributed by atoms with E-state index < -0.39 is 17.6 Å². The van der Waals surface area contributed by atoms with Gasteiger partial charge in [-0.2, -0.15) is 18.3 Å². The van der Waals surface area contributed by atoms with Crippen LogP contribution in [0.3, 0.4) is 0 Å². The molecule has 0 aliphatic rings. The molecule has 2 aromatic carbocycles. The van der Waals surface area contributed by atoms with Gasteiger partial charge < -0.3 is 20.5 Å². The second kappa shape index (κ2) is 9.49. The Balaban J connectivity index is 1.96. The molecular formula is C21H20ClF3N4O3. The summed E-state index contributed by atoms with van der Waals surface area (Å²) in [4.78, 5) is 12.7. The van der Waals surface area contributed by atoms with Crippen LogP contribution in [0.4, 0.5) is 18.9 Å². The molecule has 7 nitrogen and oxygen atoms in total. The van der Waals surface area contributed by atoms with E-state index in [-0.39, 0.29) is 24.5 Å². The molecule has 0 radical (unpaired) electrons. The number of amides is 1. The van der Waals surface area contributed by atoms with Gasteiger partial charge in [0.15, 0.2) is 0 Å². The Morgan fingerprint density at radius 3 is 2.53 bits per heavy atom. The molecule has 0 spiro atoms. The molecule has 1 amide bonds. The quantitative estimate of drug-likeness (QED) is 0.537. The fourth-order valence-corrected chi connectivity index (χ4v) is 3.34. The minimum absolute atomic E-state index is 0.179. The Labute approximate surface area is 186 Å². The summed E-state index contributed by atoms with van der Waals surface area (Å²) in [5.41, 5.74) is 5.69. The van der Waals surface area contributed by atoms with Crippen molar-refractivity contribution in [3.8, 4) is 22.8 Å². The van der Waals surface area contributed by atoms with E-state index >= 15 is 0 Å². The number of hydrogen-bond acceptors (Lipinski definition) is 5. The number of benzene rings is 2. The number of methoxy groups -OCH3 is 1. The molecule has 0 bridgehead atoms. The molecule has 0 aliphatic heterocycles. The summed E-state index contributed by atoms with van der Waals surface area (Å²) in [5, 5.41) is 7.06. The summed E-state index contributed by atoms with van der Waals surface area (Å²) in [6, 6.07) is 7.86. The predicted molar refractivity (Wildman–Crippen MR) is 114 cm³/mol. The minimum Gasteiger partial charge on any atom is -0.496 e. The van der Waals surface area contributed by atoms with Crippen LogP contribution < -0.4 is 20.5 Å². The van der Waals surface area contributed by atoms with Gasteiger partial charge in [-0.15, -0.1) is 0 Å². The summed E-state index contributed by atoms with van der Waals surface area (Å²) in [7, 11) is 2.82. The maximum Gasteiger partial charge on any atom is 0.419 e. The number of carbonyl (C=O) groups is 1. The van der Waals surface area contributed by atoms with E-state index in [1.165, 1.54) is 16.9 Å². The van der Waals surface area contributed by atoms with E-state index in [9.17, 15) is 18.0 Å². The molecule has 170 valence electrons. The van der Waals surface area contributed by atoms with Gasteiger partial charge in [0.1, 0.15) is 18.1 Å². The number of nitrogens with two attached hydrogens (primary N) is 1. The van der Waals surface area contributed by atoms with Gasteiger partial charge in [-0.3, -0.25) is 9.48 Å². The van der Waals surface area contributed by atoms with Gasteiger partial charge in [-0.1, -0.05) is 11.6 Å². The molecule has 1 heterocycles. The molecule has 3 rings (SSSR count). The lowest BCUT2D eigenvalue weighted by atomic mass is 10.1. The first-order valence-electron chi connectivity index (χ1n) is 9.37. The fourth-order valence-electron chi connectivity index (χ4n) is 3.08. The number of halogens is 4. The molecule has 32 heavy (non-hydrogen) atoms. The van der Waals surface area contributed by atoms with Gasteiger partial charge in [0.25, 0.3) is 5.91 Å². The number of carbonyl (C=O) groups excluding carboxylic acids is 1. The third-order valence-electron chi connectivity index (χ3n) is 4.53. The second-order valence-electron chi connectivity index (χ2n) is 6.68. The second-order valence-corrected chi connectivity index (χ2v) is 7.09. The summed E-state index contributed by atoms with van der Waals surface area (Å²) in [6.45, 7) is 0.538. The summed E-state index contributed by atoms with van der Waals surface area (Å²) in [6.07, 6.45) is -3.21. The first-order chi connectivity index (χ1) is 15.2. The van der Waals surface area contributed by atoms with Gasteiger partial charge >= 0.3 is 6.18 Å². The zero-order chi connectivity index (χ0) is 23.5. The largest absolute Gasteiger partial charge is 0.496 e. The van der Waals surface area contributed by atoms with Crippen molar-refractivity contribution in [2.45, 2.75) is 6.18 Å². The van der Waals surface area contributed by atoms with Crippen LogP contribution >= 0.6 is 11.6 Å². The Hall–Kier alpha value is -3.24. The van der Waals surface area contributed by atoms with Gasteiger partial charge in [-0.05, 0) is 36.4 Å². The van der Waals surface area contributed by atoms with Crippen LogP contribution in [-0.2, 0) is 13.2 Å². The minimum atomic E-state index is -4.67. The molecule has 3 aromatic rings. The monoisotopic (exact) mass is 468 g/mol. The normalized spacial score (nSPS) is 11.3. The van der Waals surface area contributed by atoms with Crippen LogP contribution in [0.1, 0.15) is 15.9 Å². The predicted octanol–water partition coefficient (Wildman–Crippen LogP) is 4.36. The number of rotatable bonds is 7. The average Bonchev–Trinajstić information content (AvgIpc) is 3.09. The summed E-state index contributed by atoms with van der Waals surface area (Å²) >= 11 is 6.26. The molecule has 1 aromatic heterocycles. The highest BCUT2D eigenvalue weighted by atomic mass is 35.5. The van der Waals surface area contributed by atoms with Crippen LogP contribution in [-0.4, -0.2) is 35.9 Å². The van der Waals surface area contributed by atoms with Crippen LogP contribution in [0.25, 0.3) is 11.3 Å². The van der Waals surface area contributed by atoms with Crippen molar-refractivity contribution >= 4 is 23.2 Å². The molecule has 0 saturated heterocycles. The van der Waals surface area contributed by atoms with E-state index in [1.807, 2.05) is 0 Å². The lowest BCUT2D eigenvalue weighted by Gasteiger charge is -2.15. The number of aromatic nitrogens is 2. The first-order valence-corrected chi connectivity index (χ1v) is 9.75. The Kier molecular flexibility index (Phi) is 6.95. The average molecular weight is 469 g/mol. The highest BCUT2D eigenvalue weighted by Crippen LogP contribution is 2.38. The van der Waals surface area contributed by atoms with Gasteiger partial charge in [0, 0.05) is 30.4 Å². The Morgan fingerprint density at radius 2 is 1.94 bits per heavy atom. The topological polar surface area (TPSA) is 91.4 Å². The number of alkyl halides is 3. The third kappa shape index (κ3) is 4.97. The highest BCUT2D eigenvalue weighted by Gasteiger charge is 2.35. The molecule has 3 N–H and O–H groups in total. The molecule has 0 aliphatic carbocycles. The van der Waals surface area contributed by atoms with Crippen molar-refractivity contribution in [2.24, 2.45) is 12.8 Å². The van der Waals surface area contributed by atoms with Crippen LogP contribution in [0.15, 0.2) is 42.6 Å². The number of nitrogens with one attached hydrogen (secondary N) is 1. The van der Waals surface area contributed by atoms with Gasteiger partial charge in [0.2, 0.25) is 0 Å². The number of anilines is 1. The maximum atomic E-state index is 13.3. The van der Waals surface area contributed by atoms with E-state index in [4.69, 9.17) is 26.8 Å². The van der Waals surface area contributed by atoms with Crippen molar-refractivity contribution in [2.75, 3.05) is 25.6 Å². The molecule has 0 fully saturated rings. The van der Waals surface area contributed by atoms with Gasteiger partial charge in [-0.25, -0.2) is 0 Å². The van der Waals surface area contributed by atoms with Crippen molar-refractivity contribution in [3.63, 3.8) is 0 Å². The lowest BCUT2D eigenvalue weighted by molar-refractivity contribution is -0.138. The SMILES string of the molecule is COc1ccc(C(=O)Nc2ccc(OCCN)c(-c3c(Cl)cnn3C)c2)cc1C(F)(F)F. The van der Waals surface area contributed by atoms with Crippen molar-refractivity contribution in [1.29, 1.82) is 0 Å². The van der Waals surface area contributed by atoms with Crippen LogP contribution in [0.5, 0.6) is 11.5 Å². The zero-order valence-corrected chi connectivity index (χ0v) is 17.9. The van der Waals surface area contributed by atoms with Crippen LogP contribution in [0.2, 0.25) is 5.02 Å². The number of hydrogen-bond donors (Lipinski definition) is 2. The van der Waals surface area contributed by atoms with Gasteiger partial charge in [0.05, 0.1) is 29.6 Å². The maximum absolute atomic E-state index is 13.3. The molecule has 0 atom stereocenters. The fraction of sp³-hybridized carbons (Fsp3) is 0.238. The van der Waals surface area contributed by atoms with Crippen molar-refractivity contribution in [3.05, 3.63) is 58.7 Å². The molecular weight excluding hydrogens is 449 g/mol. The third-order valence-corrected chi connectivity index (χ3v) is 4.81. The Morgan fingerprint density at radius 1 is 1.22 bits per heavy atom. The van der Waals surface area contributed by atoms with Crippen molar-refractivity contribution in [1.82, 2.24) is 9.78 Å². The Bertz CT molecular complexity index is 1110. The van der Waals surface area contributed by atoms with Crippen molar-refractivity contribution < 1.29 is 27.4 Å².